The number of thiazole rings is 1. The van der Waals surface area contributed by atoms with Gasteiger partial charge >= 0.3 is 0 Å². The minimum atomic E-state index is -3.51. The highest BCUT2D eigenvalue weighted by molar-refractivity contribution is 7.89. The van der Waals surface area contributed by atoms with Crippen molar-refractivity contribution in [2.45, 2.75) is 25.3 Å². The van der Waals surface area contributed by atoms with Crippen molar-refractivity contribution in [1.82, 2.24) is 9.71 Å². The van der Waals surface area contributed by atoms with Gasteiger partial charge in [-0.3, -0.25) is 0 Å². The minimum absolute atomic E-state index is 0.255. The van der Waals surface area contributed by atoms with Crippen molar-refractivity contribution in [3.63, 3.8) is 0 Å². The second-order valence-corrected chi connectivity index (χ2v) is 8.94. The molecule has 7 heteroatoms. The molecule has 4 nitrogen and oxygen atoms in total. The van der Waals surface area contributed by atoms with Gasteiger partial charge in [-0.25, -0.2) is 18.1 Å². The summed E-state index contributed by atoms with van der Waals surface area (Å²) in [5.41, 5.74) is 1.78. The Hall–Kier alpha value is -1.54. The number of aromatic nitrogens is 1. The number of sulfonamides is 1. The molecule has 0 radical (unpaired) electrons. The number of hydrogen-bond acceptors (Lipinski definition) is 5. The van der Waals surface area contributed by atoms with Crippen LogP contribution in [0.25, 0.3) is 9.88 Å². The second kappa shape index (κ2) is 6.52. The largest absolute Gasteiger partial charge is 0.240 e. The van der Waals surface area contributed by atoms with E-state index in [1.807, 2.05) is 37.4 Å². The van der Waals surface area contributed by atoms with Crippen molar-refractivity contribution >= 4 is 32.7 Å². The van der Waals surface area contributed by atoms with E-state index in [4.69, 9.17) is 0 Å². The normalized spacial score (nSPS) is 11.7. The van der Waals surface area contributed by atoms with Crippen LogP contribution in [0.3, 0.4) is 0 Å². The molecule has 0 amide bonds. The number of nitrogens with zero attached hydrogens (tertiary/aromatic N) is 1. The van der Waals surface area contributed by atoms with E-state index in [2.05, 4.69) is 9.71 Å². The van der Waals surface area contributed by atoms with Crippen molar-refractivity contribution < 1.29 is 8.42 Å². The second-order valence-electron chi connectivity index (χ2n) is 5.15. The van der Waals surface area contributed by atoms with Gasteiger partial charge in [-0.2, -0.15) is 0 Å². The molecule has 0 bridgehead atoms. The lowest BCUT2D eigenvalue weighted by Gasteiger charge is -2.06. The Morgan fingerprint density at radius 2 is 2.00 bits per heavy atom. The van der Waals surface area contributed by atoms with Crippen molar-refractivity contribution in [3.8, 4) is 9.88 Å². The minimum Gasteiger partial charge on any atom is -0.240 e. The number of hydrogen-bond donors (Lipinski definition) is 1. The molecule has 0 aliphatic carbocycles. The van der Waals surface area contributed by atoms with E-state index in [1.54, 1.807) is 29.5 Å². The molecule has 0 saturated heterocycles. The molecular weight excluding hydrogens is 348 g/mol. The van der Waals surface area contributed by atoms with Crippen LogP contribution in [0, 0.1) is 13.8 Å². The Kier molecular flexibility index (Phi) is 4.63. The summed E-state index contributed by atoms with van der Waals surface area (Å²) in [5.74, 6) is 0. The molecule has 120 valence electrons. The maximum Gasteiger partial charge on any atom is 0.240 e. The van der Waals surface area contributed by atoms with Gasteiger partial charge in [-0.1, -0.05) is 18.2 Å². The molecule has 0 saturated carbocycles. The van der Waals surface area contributed by atoms with Gasteiger partial charge in [-0.15, -0.1) is 22.7 Å². The topological polar surface area (TPSA) is 59.1 Å². The number of nitrogens with one attached hydrogen (secondary N) is 1. The molecule has 0 aliphatic heterocycles. The van der Waals surface area contributed by atoms with E-state index in [9.17, 15) is 8.42 Å². The molecule has 23 heavy (non-hydrogen) atoms. The van der Waals surface area contributed by atoms with Gasteiger partial charge in [-0.05, 0) is 43.0 Å². The Balaban J connectivity index is 1.78. The lowest BCUT2D eigenvalue weighted by Crippen LogP contribution is -2.23. The summed E-state index contributed by atoms with van der Waals surface area (Å²) >= 11 is 3.16. The molecule has 2 aromatic heterocycles. The third kappa shape index (κ3) is 3.69. The van der Waals surface area contributed by atoms with Crippen molar-refractivity contribution in [2.75, 3.05) is 0 Å². The number of thiophene rings is 1. The third-order valence-corrected chi connectivity index (χ3v) is 6.94. The summed E-state index contributed by atoms with van der Waals surface area (Å²) in [4.78, 5) is 6.86. The van der Waals surface area contributed by atoms with Crippen LogP contribution in [0.5, 0.6) is 0 Å². The molecule has 0 fully saturated rings. The molecule has 3 rings (SSSR count). The Morgan fingerprint density at radius 3 is 2.70 bits per heavy atom. The van der Waals surface area contributed by atoms with Crippen LogP contribution >= 0.6 is 22.7 Å². The first-order valence-corrected chi connectivity index (χ1v) is 10.2. The molecule has 3 aromatic rings. The number of aryl methyl sites for hydroxylation is 2. The predicted octanol–water partition coefficient (Wildman–Crippen LogP) is 3.97. The first-order chi connectivity index (χ1) is 11.0. The van der Waals surface area contributed by atoms with Gasteiger partial charge in [0, 0.05) is 11.4 Å². The van der Waals surface area contributed by atoms with E-state index >= 15 is 0 Å². The van der Waals surface area contributed by atoms with E-state index in [-0.39, 0.29) is 11.4 Å². The summed E-state index contributed by atoms with van der Waals surface area (Å²) < 4.78 is 27.4. The van der Waals surface area contributed by atoms with E-state index in [0.717, 1.165) is 26.0 Å². The van der Waals surface area contributed by atoms with Crippen LogP contribution in [0.15, 0.2) is 46.7 Å². The van der Waals surface area contributed by atoms with Gasteiger partial charge in [0.2, 0.25) is 10.0 Å². The van der Waals surface area contributed by atoms with Crippen molar-refractivity contribution in [1.29, 1.82) is 0 Å². The highest BCUT2D eigenvalue weighted by atomic mass is 32.2. The SMILES string of the molecule is Cc1cccc(S(=O)(=O)NCc2sc(-c3cccs3)nc2C)c1. The zero-order valence-electron chi connectivity index (χ0n) is 12.7. The zero-order chi connectivity index (χ0) is 16.4. The fourth-order valence-corrected chi connectivity index (χ4v) is 5.11. The Bertz CT molecular complexity index is 913. The van der Waals surface area contributed by atoms with E-state index in [0.29, 0.717) is 0 Å². The highest BCUT2D eigenvalue weighted by Gasteiger charge is 2.16. The monoisotopic (exact) mass is 364 g/mol. The van der Waals surface area contributed by atoms with Gasteiger partial charge < -0.3 is 0 Å². The predicted molar refractivity (Wildman–Crippen MR) is 95.4 cm³/mol. The summed E-state index contributed by atoms with van der Waals surface area (Å²) in [6.45, 7) is 4.04. The van der Waals surface area contributed by atoms with Crippen LogP contribution in [0.4, 0.5) is 0 Å². The van der Waals surface area contributed by atoms with Crippen molar-refractivity contribution in [3.05, 3.63) is 57.9 Å². The fraction of sp³-hybridized carbons (Fsp3) is 0.188. The first kappa shape index (κ1) is 16.3. The quantitative estimate of drug-likeness (QED) is 0.745. The van der Waals surface area contributed by atoms with Gasteiger partial charge in [0.15, 0.2) is 0 Å². The average Bonchev–Trinajstić information content (AvgIpc) is 3.15. The van der Waals surface area contributed by atoms with Crippen LogP contribution < -0.4 is 4.72 Å². The summed E-state index contributed by atoms with van der Waals surface area (Å²) in [6, 6.07) is 10.9. The van der Waals surface area contributed by atoms with Crippen LogP contribution in [-0.4, -0.2) is 13.4 Å². The van der Waals surface area contributed by atoms with Gasteiger partial charge in [0.05, 0.1) is 15.5 Å². The zero-order valence-corrected chi connectivity index (χ0v) is 15.2. The molecule has 0 atom stereocenters. The van der Waals surface area contributed by atoms with Crippen LogP contribution in [0.2, 0.25) is 0 Å². The smallest absolute Gasteiger partial charge is 0.240 e. The van der Waals surface area contributed by atoms with Crippen LogP contribution in [-0.2, 0) is 16.6 Å². The first-order valence-electron chi connectivity index (χ1n) is 7.02. The molecule has 0 spiro atoms. The Labute approximate surface area is 143 Å². The highest BCUT2D eigenvalue weighted by Crippen LogP contribution is 2.31. The maximum absolute atomic E-state index is 12.4. The van der Waals surface area contributed by atoms with E-state index in [1.165, 1.54) is 11.3 Å². The average molecular weight is 365 g/mol. The maximum atomic E-state index is 12.4. The molecule has 0 aliphatic rings. The lowest BCUT2D eigenvalue weighted by atomic mass is 10.2. The van der Waals surface area contributed by atoms with Gasteiger partial charge in [0.25, 0.3) is 0 Å². The third-order valence-electron chi connectivity index (χ3n) is 3.35. The molecule has 1 N–H and O–H groups in total. The summed E-state index contributed by atoms with van der Waals surface area (Å²) in [5, 5.41) is 2.94. The number of rotatable bonds is 5. The molecule has 2 heterocycles. The Morgan fingerprint density at radius 1 is 1.17 bits per heavy atom. The van der Waals surface area contributed by atoms with Crippen LogP contribution in [0.1, 0.15) is 16.1 Å². The van der Waals surface area contributed by atoms with Gasteiger partial charge in [0.1, 0.15) is 5.01 Å². The van der Waals surface area contributed by atoms with E-state index < -0.39 is 10.0 Å². The molecule has 1 aromatic carbocycles. The standard InChI is InChI=1S/C16H16N2O2S3/c1-11-5-3-6-13(9-11)23(19,20)17-10-15-12(2)18-16(22-15)14-7-4-8-21-14/h3-9,17H,10H2,1-2H3. The molecular formula is C16H16N2O2S3. The summed E-state index contributed by atoms with van der Waals surface area (Å²) in [6.07, 6.45) is 0. The fourth-order valence-electron chi connectivity index (χ4n) is 2.12. The summed E-state index contributed by atoms with van der Waals surface area (Å²) in [7, 11) is -3.51. The number of benzene rings is 1. The van der Waals surface area contributed by atoms with Crippen molar-refractivity contribution in [2.24, 2.45) is 0 Å². The lowest BCUT2D eigenvalue weighted by molar-refractivity contribution is 0.581. The molecule has 0 unspecified atom stereocenters.